The first kappa shape index (κ1) is 17.5. The fourth-order valence-electron chi connectivity index (χ4n) is 3.11. The van der Waals surface area contributed by atoms with Crippen molar-refractivity contribution in [3.8, 4) is 0 Å². The lowest BCUT2D eigenvalue weighted by Gasteiger charge is -2.33. The van der Waals surface area contributed by atoms with Gasteiger partial charge in [0, 0.05) is 19.1 Å². The Bertz CT molecular complexity index is 924. The van der Waals surface area contributed by atoms with Crippen LogP contribution >= 0.6 is 0 Å². The Morgan fingerprint density at radius 3 is 2.62 bits per heavy atom. The van der Waals surface area contributed by atoms with Gasteiger partial charge in [0.1, 0.15) is 5.82 Å². The highest BCUT2D eigenvalue weighted by Crippen LogP contribution is 2.30. The SMILES string of the molecule is O=S(=O)(NC1CCCN(c2ccc3nnc(C(F)(F)F)n3n2)C1)C1CC1. The van der Waals surface area contributed by atoms with Crippen LogP contribution in [-0.4, -0.2) is 52.6 Å². The largest absolute Gasteiger partial charge is 0.453 e. The third-order valence-corrected chi connectivity index (χ3v) is 6.55. The monoisotopic (exact) mass is 390 g/mol. The molecule has 0 aromatic carbocycles. The molecule has 1 saturated heterocycles. The summed E-state index contributed by atoms with van der Waals surface area (Å²) in [5.41, 5.74) is 0.00377. The molecule has 1 aliphatic carbocycles. The number of nitrogens with one attached hydrogen (secondary N) is 1. The molecule has 2 fully saturated rings. The van der Waals surface area contributed by atoms with Gasteiger partial charge >= 0.3 is 6.18 Å². The number of piperidine rings is 1. The minimum Gasteiger partial charge on any atom is -0.354 e. The summed E-state index contributed by atoms with van der Waals surface area (Å²) >= 11 is 0. The van der Waals surface area contributed by atoms with Crippen LogP contribution in [0.25, 0.3) is 5.65 Å². The molecule has 2 aliphatic rings. The second kappa shape index (κ2) is 6.05. The van der Waals surface area contributed by atoms with Crippen molar-refractivity contribution in [2.75, 3.05) is 18.0 Å². The summed E-state index contributed by atoms with van der Waals surface area (Å²) in [4.78, 5) is 1.78. The molecule has 2 aromatic rings. The second-order valence-corrected chi connectivity index (χ2v) is 8.62. The predicted molar refractivity (Wildman–Crippen MR) is 86.1 cm³/mol. The van der Waals surface area contributed by atoms with E-state index in [1.54, 1.807) is 11.0 Å². The van der Waals surface area contributed by atoms with E-state index in [4.69, 9.17) is 0 Å². The topological polar surface area (TPSA) is 92.5 Å². The molecule has 3 heterocycles. The molecule has 2 aromatic heterocycles. The van der Waals surface area contributed by atoms with E-state index >= 15 is 0 Å². The van der Waals surface area contributed by atoms with Gasteiger partial charge in [0.05, 0.1) is 5.25 Å². The number of anilines is 1. The Labute approximate surface area is 147 Å². The van der Waals surface area contributed by atoms with E-state index in [1.807, 2.05) is 0 Å². The predicted octanol–water partition coefficient (Wildman–Crippen LogP) is 1.19. The van der Waals surface area contributed by atoms with E-state index in [0.29, 0.717) is 49.1 Å². The normalized spacial score (nSPS) is 22.1. The molecule has 0 spiro atoms. The summed E-state index contributed by atoms with van der Waals surface area (Å²) in [6.07, 6.45) is -1.90. The zero-order valence-corrected chi connectivity index (χ0v) is 14.5. The summed E-state index contributed by atoms with van der Waals surface area (Å²) in [5, 5.41) is 10.4. The fraction of sp³-hybridized carbons (Fsp3) is 0.643. The van der Waals surface area contributed by atoms with Crippen molar-refractivity contribution in [1.82, 2.24) is 24.5 Å². The molecule has 1 aliphatic heterocycles. The van der Waals surface area contributed by atoms with Gasteiger partial charge in [-0.15, -0.1) is 15.3 Å². The molecule has 26 heavy (non-hydrogen) atoms. The molecule has 1 saturated carbocycles. The van der Waals surface area contributed by atoms with Crippen molar-refractivity contribution in [2.24, 2.45) is 0 Å². The van der Waals surface area contributed by atoms with Crippen molar-refractivity contribution < 1.29 is 21.6 Å². The number of fused-ring (bicyclic) bond motifs is 1. The quantitative estimate of drug-likeness (QED) is 0.843. The van der Waals surface area contributed by atoms with Gasteiger partial charge in [0.25, 0.3) is 5.82 Å². The van der Waals surface area contributed by atoms with Gasteiger partial charge in [-0.05, 0) is 37.8 Å². The van der Waals surface area contributed by atoms with E-state index in [0.717, 1.165) is 0 Å². The first-order chi connectivity index (χ1) is 12.2. The van der Waals surface area contributed by atoms with Crippen LogP contribution in [0.15, 0.2) is 12.1 Å². The molecule has 1 atom stereocenters. The average Bonchev–Trinajstić information content (AvgIpc) is 3.34. The summed E-state index contributed by atoms with van der Waals surface area (Å²) in [7, 11) is -3.32. The highest BCUT2D eigenvalue weighted by atomic mass is 32.2. The maximum atomic E-state index is 13.0. The van der Waals surface area contributed by atoms with Crippen LogP contribution < -0.4 is 9.62 Å². The number of hydrogen-bond donors (Lipinski definition) is 1. The Balaban J connectivity index is 1.56. The minimum atomic E-state index is -4.66. The molecule has 0 radical (unpaired) electrons. The molecule has 12 heteroatoms. The van der Waals surface area contributed by atoms with Gasteiger partial charge in [-0.25, -0.2) is 13.1 Å². The fourth-order valence-corrected chi connectivity index (χ4v) is 4.72. The van der Waals surface area contributed by atoms with Crippen molar-refractivity contribution in [3.05, 3.63) is 18.0 Å². The van der Waals surface area contributed by atoms with Crippen LogP contribution in [0.1, 0.15) is 31.5 Å². The van der Waals surface area contributed by atoms with Crippen molar-refractivity contribution in [1.29, 1.82) is 0 Å². The van der Waals surface area contributed by atoms with Crippen molar-refractivity contribution >= 4 is 21.5 Å². The summed E-state index contributed by atoms with van der Waals surface area (Å²) in [6.45, 7) is 0.942. The van der Waals surface area contributed by atoms with E-state index in [9.17, 15) is 21.6 Å². The molecule has 0 amide bonds. The molecule has 8 nitrogen and oxygen atoms in total. The Kier molecular flexibility index (Phi) is 4.06. The van der Waals surface area contributed by atoms with E-state index in [1.165, 1.54) is 6.07 Å². The van der Waals surface area contributed by atoms with E-state index in [-0.39, 0.29) is 16.9 Å². The van der Waals surface area contributed by atoms with Crippen LogP contribution in [0.5, 0.6) is 0 Å². The van der Waals surface area contributed by atoms with Gasteiger partial charge in [-0.2, -0.15) is 17.7 Å². The number of hydrogen-bond acceptors (Lipinski definition) is 6. The lowest BCUT2D eigenvalue weighted by Crippen LogP contribution is -2.48. The Hall–Kier alpha value is -1.95. The highest BCUT2D eigenvalue weighted by molar-refractivity contribution is 7.90. The maximum absolute atomic E-state index is 13.0. The number of sulfonamides is 1. The van der Waals surface area contributed by atoms with E-state index < -0.39 is 22.0 Å². The second-order valence-electron chi connectivity index (χ2n) is 6.63. The van der Waals surface area contributed by atoms with Crippen molar-refractivity contribution in [3.63, 3.8) is 0 Å². The number of halogens is 3. The standard InChI is InChI=1S/C14H17F3N6O2S/c15-14(16,17)13-19-18-11-5-6-12(20-23(11)13)22-7-1-2-9(8-22)21-26(24,25)10-3-4-10/h5-6,9-10,21H,1-4,7-8H2. The zero-order chi connectivity index (χ0) is 18.5. The van der Waals surface area contributed by atoms with Crippen LogP contribution in [0, 0.1) is 0 Å². The maximum Gasteiger partial charge on any atom is 0.453 e. The molecule has 142 valence electrons. The first-order valence-electron chi connectivity index (χ1n) is 8.30. The summed E-state index contributed by atoms with van der Waals surface area (Å²) in [6, 6.07) is 2.71. The first-order valence-corrected chi connectivity index (χ1v) is 9.84. The van der Waals surface area contributed by atoms with Gasteiger partial charge in [0.2, 0.25) is 10.0 Å². The smallest absolute Gasteiger partial charge is 0.354 e. The Morgan fingerprint density at radius 2 is 1.92 bits per heavy atom. The highest BCUT2D eigenvalue weighted by Gasteiger charge is 2.39. The van der Waals surface area contributed by atoms with Gasteiger partial charge in [-0.3, -0.25) is 0 Å². The van der Waals surface area contributed by atoms with Crippen LogP contribution in [0.2, 0.25) is 0 Å². The number of aromatic nitrogens is 4. The summed E-state index contributed by atoms with van der Waals surface area (Å²) < 4.78 is 66.6. The molecule has 4 rings (SSSR count). The third kappa shape index (κ3) is 3.34. The van der Waals surface area contributed by atoms with Gasteiger partial charge in [0.15, 0.2) is 5.65 Å². The molecular weight excluding hydrogens is 373 g/mol. The van der Waals surface area contributed by atoms with Crippen LogP contribution in [-0.2, 0) is 16.2 Å². The Morgan fingerprint density at radius 1 is 1.15 bits per heavy atom. The van der Waals surface area contributed by atoms with Gasteiger partial charge < -0.3 is 4.90 Å². The molecular formula is C14H17F3N6O2S. The zero-order valence-electron chi connectivity index (χ0n) is 13.6. The third-order valence-electron chi connectivity index (χ3n) is 4.54. The molecule has 0 bridgehead atoms. The van der Waals surface area contributed by atoms with Crippen molar-refractivity contribution in [2.45, 2.75) is 43.2 Å². The van der Waals surface area contributed by atoms with Crippen LogP contribution in [0.3, 0.4) is 0 Å². The van der Waals surface area contributed by atoms with E-state index in [2.05, 4.69) is 20.0 Å². The molecule has 1 N–H and O–H groups in total. The lowest BCUT2D eigenvalue weighted by atomic mass is 10.1. The lowest BCUT2D eigenvalue weighted by molar-refractivity contribution is -0.146. The van der Waals surface area contributed by atoms with Gasteiger partial charge in [-0.1, -0.05) is 0 Å². The average molecular weight is 390 g/mol. The van der Waals surface area contributed by atoms with Crippen LogP contribution in [0.4, 0.5) is 19.0 Å². The number of nitrogens with zero attached hydrogens (tertiary/aromatic N) is 5. The molecule has 1 unspecified atom stereocenters. The number of rotatable bonds is 4. The number of alkyl halides is 3. The summed E-state index contributed by atoms with van der Waals surface area (Å²) in [5.74, 6) is -0.851. The minimum absolute atomic E-state index is 0.00377.